The van der Waals surface area contributed by atoms with E-state index in [1.54, 1.807) is 24.3 Å². The lowest BCUT2D eigenvalue weighted by atomic mass is 10.1. The predicted octanol–water partition coefficient (Wildman–Crippen LogP) is 4.25. The first kappa shape index (κ1) is 17.6. The van der Waals surface area contributed by atoms with Gasteiger partial charge in [-0.1, -0.05) is 23.7 Å². The first-order valence-electron chi connectivity index (χ1n) is 8.22. The number of thiazole rings is 1. The van der Waals surface area contributed by atoms with Crippen LogP contribution in [0.2, 0.25) is 5.02 Å². The molecule has 0 atom stereocenters. The number of hydrogen-bond acceptors (Lipinski definition) is 6. The SMILES string of the molecule is O=C(COc1ccccc1Cl)Nc1nc(-c2ccc3c(c2)OCCO3)cs1. The molecule has 0 radical (unpaired) electrons. The number of rotatable bonds is 5. The smallest absolute Gasteiger partial charge is 0.264 e. The summed E-state index contributed by atoms with van der Waals surface area (Å²) in [4.78, 5) is 16.5. The number of nitrogens with one attached hydrogen (secondary N) is 1. The topological polar surface area (TPSA) is 69.7 Å². The Labute approximate surface area is 164 Å². The molecule has 6 nitrogen and oxygen atoms in total. The Morgan fingerprint density at radius 3 is 2.85 bits per heavy atom. The quantitative estimate of drug-likeness (QED) is 0.690. The average molecular weight is 403 g/mol. The van der Waals surface area contributed by atoms with Gasteiger partial charge in [0.1, 0.15) is 19.0 Å². The lowest BCUT2D eigenvalue weighted by molar-refractivity contribution is -0.118. The summed E-state index contributed by atoms with van der Waals surface area (Å²) in [5.74, 6) is 1.58. The zero-order valence-corrected chi connectivity index (χ0v) is 15.7. The van der Waals surface area contributed by atoms with Crippen LogP contribution in [0.1, 0.15) is 0 Å². The maximum absolute atomic E-state index is 12.1. The second-order valence-electron chi connectivity index (χ2n) is 5.66. The highest BCUT2D eigenvalue weighted by Crippen LogP contribution is 2.35. The van der Waals surface area contributed by atoms with Gasteiger partial charge in [-0.25, -0.2) is 4.98 Å². The van der Waals surface area contributed by atoms with Gasteiger partial charge in [-0.15, -0.1) is 11.3 Å². The van der Waals surface area contributed by atoms with E-state index in [0.29, 0.717) is 34.9 Å². The van der Waals surface area contributed by atoms with Crippen LogP contribution in [0.25, 0.3) is 11.3 Å². The van der Waals surface area contributed by atoms with Gasteiger partial charge in [0.2, 0.25) is 0 Å². The third-order valence-corrected chi connectivity index (χ3v) is 4.85. The molecular formula is C19H15ClN2O4S. The van der Waals surface area contributed by atoms with Gasteiger partial charge in [-0.3, -0.25) is 10.1 Å². The third kappa shape index (κ3) is 4.15. The van der Waals surface area contributed by atoms with Crippen LogP contribution in [0, 0.1) is 0 Å². The molecule has 138 valence electrons. The number of para-hydroxylation sites is 1. The second-order valence-corrected chi connectivity index (χ2v) is 6.93. The Bertz CT molecular complexity index is 976. The van der Waals surface area contributed by atoms with Gasteiger partial charge in [0.15, 0.2) is 23.2 Å². The number of fused-ring (bicyclic) bond motifs is 1. The normalized spacial score (nSPS) is 12.5. The number of ether oxygens (including phenoxy) is 3. The van der Waals surface area contributed by atoms with Crippen molar-refractivity contribution >= 4 is 34.0 Å². The number of hydrogen-bond donors (Lipinski definition) is 1. The van der Waals surface area contributed by atoms with Crippen LogP contribution in [0.3, 0.4) is 0 Å². The molecule has 0 saturated heterocycles. The van der Waals surface area contributed by atoms with E-state index in [0.717, 1.165) is 17.0 Å². The summed E-state index contributed by atoms with van der Waals surface area (Å²) >= 11 is 7.34. The number of amides is 1. The molecule has 27 heavy (non-hydrogen) atoms. The van der Waals surface area contributed by atoms with Crippen LogP contribution in [0.5, 0.6) is 17.2 Å². The van der Waals surface area contributed by atoms with Crippen LogP contribution in [0.15, 0.2) is 47.8 Å². The van der Waals surface area contributed by atoms with Crippen LogP contribution in [-0.2, 0) is 4.79 Å². The van der Waals surface area contributed by atoms with Gasteiger partial charge in [-0.2, -0.15) is 0 Å². The predicted molar refractivity (Wildman–Crippen MR) is 104 cm³/mol. The summed E-state index contributed by atoms with van der Waals surface area (Å²) in [5.41, 5.74) is 1.64. The van der Waals surface area contributed by atoms with Gasteiger partial charge < -0.3 is 14.2 Å². The summed E-state index contributed by atoms with van der Waals surface area (Å²) < 4.78 is 16.5. The Balaban J connectivity index is 1.39. The summed E-state index contributed by atoms with van der Waals surface area (Å²) in [6.45, 7) is 0.929. The van der Waals surface area contributed by atoms with E-state index < -0.39 is 0 Å². The molecule has 0 unspecified atom stereocenters. The molecule has 4 rings (SSSR count). The molecular weight excluding hydrogens is 388 g/mol. The first-order valence-corrected chi connectivity index (χ1v) is 9.47. The van der Waals surface area contributed by atoms with Crippen molar-refractivity contribution in [2.45, 2.75) is 0 Å². The molecule has 1 amide bonds. The van der Waals surface area contributed by atoms with Gasteiger partial charge in [0.05, 0.1) is 10.7 Å². The van der Waals surface area contributed by atoms with Crippen molar-refractivity contribution in [2.75, 3.05) is 25.1 Å². The number of carbonyl (C=O) groups excluding carboxylic acids is 1. The maximum atomic E-state index is 12.1. The highest BCUT2D eigenvalue weighted by molar-refractivity contribution is 7.14. The van der Waals surface area contributed by atoms with Crippen molar-refractivity contribution in [3.63, 3.8) is 0 Å². The molecule has 1 N–H and O–H groups in total. The highest BCUT2D eigenvalue weighted by Gasteiger charge is 2.14. The van der Waals surface area contributed by atoms with Gasteiger partial charge in [0.25, 0.3) is 5.91 Å². The highest BCUT2D eigenvalue weighted by atomic mass is 35.5. The zero-order valence-electron chi connectivity index (χ0n) is 14.1. The summed E-state index contributed by atoms with van der Waals surface area (Å²) in [6.07, 6.45) is 0. The lowest BCUT2D eigenvalue weighted by Crippen LogP contribution is -2.20. The molecule has 0 aliphatic carbocycles. The number of aromatic nitrogens is 1. The van der Waals surface area contributed by atoms with Crippen LogP contribution >= 0.6 is 22.9 Å². The van der Waals surface area contributed by atoms with E-state index in [4.69, 9.17) is 25.8 Å². The zero-order chi connectivity index (χ0) is 18.6. The van der Waals surface area contributed by atoms with Crippen LogP contribution < -0.4 is 19.5 Å². The minimum absolute atomic E-state index is 0.150. The lowest BCUT2D eigenvalue weighted by Gasteiger charge is -2.18. The van der Waals surface area contributed by atoms with Crippen LogP contribution in [0.4, 0.5) is 5.13 Å². The largest absolute Gasteiger partial charge is 0.486 e. The third-order valence-electron chi connectivity index (χ3n) is 3.78. The van der Waals surface area contributed by atoms with Crippen molar-refractivity contribution in [1.82, 2.24) is 4.98 Å². The van der Waals surface area contributed by atoms with Gasteiger partial charge in [-0.05, 0) is 30.3 Å². The Hall–Kier alpha value is -2.77. The fraction of sp³-hybridized carbons (Fsp3) is 0.158. The molecule has 1 aliphatic heterocycles. The molecule has 8 heteroatoms. The molecule has 0 saturated carbocycles. The fourth-order valence-electron chi connectivity index (χ4n) is 2.53. The Morgan fingerprint density at radius 1 is 1.19 bits per heavy atom. The average Bonchev–Trinajstić information content (AvgIpc) is 3.15. The molecule has 0 fully saturated rings. The molecule has 2 heterocycles. The van der Waals surface area contributed by atoms with Crippen LogP contribution in [-0.4, -0.2) is 30.7 Å². The van der Waals surface area contributed by atoms with E-state index in [2.05, 4.69) is 10.3 Å². The van der Waals surface area contributed by atoms with Crippen molar-refractivity contribution < 1.29 is 19.0 Å². The van der Waals surface area contributed by atoms with E-state index in [1.165, 1.54) is 11.3 Å². The molecule has 1 aliphatic rings. The molecule has 0 spiro atoms. The number of carbonyl (C=O) groups is 1. The van der Waals surface area contributed by atoms with Crippen molar-refractivity contribution in [3.05, 3.63) is 52.9 Å². The standard InChI is InChI=1S/C19H15ClN2O4S/c20-13-3-1-2-4-15(13)26-10-18(23)22-19-21-14(11-27-19)12-5-6-16-17(9-12)25-8-7-24-16/h1-6,9,11H,7-8,10H2,(H,21,22,23). The minimum Gasteiger partial charge on any atom is -0.486 e. The number of nitrogens with zero attached hydrogens (tertiary/aromatic N) is 1. The number of halogens is 1. The monoisotopic (exact) mass is 402 g/mol. The Kier molecular flexibility index (Phi) is 5.13. The van der Waals surface area contributed by atoms with E-state index in [9.17, 15) is 4.79 Å². The maximum Gasteiger partial charge on any atom is 0.264 e. The Morgan fingerprint density at radius 2 is 2.00 bits per heavy atom. The van der Waals surface area contributed by atoms with Gasteiger partial charge in [0, 0.05) is 10.9 Å². The van der Waals surface area contributed by atoms with E-state index >= 15 is 0 Å². The molecule has 3 aromatic rings. The first-order chi connectivity index (χ1) is 13.2. The summed E-state index contributed by atoms with van der Waals surface area (Å²) in [5, 5.41) is 5.55. The summed E-state index contributed by atoms with van der Waals surface area (Å²) in [6, 6.07) is 12.7. The summed E-state index contributed by atoms with van der Waals surface area (Å²) in [7, 11) is 0. The molecule has 0 bridgehead atoms. The van der Waals surface area contributed by atoms with Crippen molar-refractivity contribution in [3.8, 4) is 28.5 Å². The minimum atomic E-state index is -0.307. The second kappa shape index (κ2) is 7.85. The number of benzene rings is 2. The van der Waals surface area contributed by atoms with E-state index in [-0.39, 0.29) is 12.5 Å². The van der Waals surface area contributed by atoms with Crippen molar-refractivity contribution in [1.29, 1.82) is 0 Å². The fourth-order valence-corrected chi connectivity index (χ4v) is 3.45. The number of anilines is 1. The van der Waals surface area contributed by atoms with Gasteiger partial charge >= 0.3 is 0 Å². The molecule has 1 aromatic heterocycles. The van der Waals surface area contributed by atoms with E-state index in [1.807, 2.05) is 23.6 Å². The van der Waals surface area contributed by atoms with Crippen molar-refractivity contribution in [2.24, 2.45) is 0 Å². The molecule has 2 aromatic carbocycles.